The lowest BCUT2D eigenvalue weighted by Crippen LogP contribution is -2.24. The number of ether oxygens (including phenoxy) is 1. The zero-order valence-corrected chi connectivity index (χ0v) is 21.9. The maximum Gasteiger partial charge on any atom is 0.337 e. The van der Waals surface area contributed by atoms with Crippen molar-refractivity contribution in [2.75, 3.05) is 29.9 Å². The molecule has 196 valence electrons. The average molecular weight is 503 g/mol. The third-order valence-electron chi connectivity index (χ3n) is 6.40. The Kier molecular flexibility index (Phi) is 11.0. The third-order valence-corrected chi connectivity index (χ3v) is 6.40. The number of unbranched alkanes of at least 4 members (excludes halogenated alkanes) is 2. The lowest BCUT2D eigenvalue weighted by atomic mass is 10.1. The van der Waals surface area contributed by atoms with Crippen LogP contribution in [-0.4, -0.2) is 36.7 Å². The molecule has 0 bridgehead atoms. The Morgan fingerprint density at radius 1 is 0.838 bits per heavy atom. The maximum atomic E-state index is 12.5. The number of nitrogens with zero attached hydrogens (tertiary/aromatic N) is 1. The summed E-state index contributed by atoms with van der Waals surface area (Å²) in [5.41, 5.74) is 3.77. The number of carbonyl (C=O) groups is 2. The van der Waals surface area contributed by atoms with Crippen LogP contribution in [0.4, 0.5) is 11.4 Å². The number of hydrogen-bond acceptors (Lipinski definition) is 4. The van der Waals surface area contributed by atoms with Crippen LogP contribution in [0.3, 0.4) is 0 Å². The number of aryl methyl sites for hydroxylation is 2. The smallest absolute Gasteiger partial charge is 0.337 e. The van der Waals surface area contributed by atoms with Gasteiger partial charge in [0.25, 0.3) is 0 Å². The average Bonchev–Trinajstić information content (AvgIpc) is 2.92. The van der Waals surface area contributed by atoms with Crippen molar-refractivity contribution < 1.29 is 19.4 Å². The first-order chi connectivity index (χ1) is 18.0. The van der Waals surface area contributed by atoms with Crippen molar-refractivity contribution >= 4 is 23.3 Å². The Balaban J connectivity index is 1.39. The molecule has 0 aliphatic rings. The first kappa shape index (κ1) is 27.8. The van der Waals surface area contributed by atoms with Gasteiger partial charge in [-0.25, -0.2) is 4.79 Å². The molecule has 3 rings (SSSR count). The number of carboxylic acids is 1. The quantitative estimate of drug-likeness (QED) is 0.229. The summed E-state index contributed by atoms with van der Waals surface area (Å²) in [5, 5.41) is 12.5. The molecule has 0 spiro atoms. The zero-order valence-electron chi connectivity index (χ0n) is 21.9. The van der Waals surface area contributed by atoms with Gasteiger partial charge in [-0.1, -0.05) is 42.5 Å². The second-order valence-corrected chi connectivity index (χ2v) is 9.05. The molecule has 0 unspecified atom stereocenters. The Morgan fingerprint density at radius 2 is 1.54 bits per heavy atom. The number of anilines is 2. The van der Waals surface area contributed by atoms with Crippen LogP contribution >= 0.6 is 0 Å². The molecule has 3 aromatic rings. The summed E-state index contributed by atoms with van der Waals surface area (Å²) in [5.74, 6) is -0.319. The predicted octanol–water partition coefficient (Wildman–Crippen LogP) is 6.59. The van der Waals surface area contributed by atoms with Gasteiger partial charge in [0, 0.05) is 25.2 Å². The molecule has 37 heavy (non-hydrogen) atoms. The van der Waals surface area contributed by atoms with Gasteiger partial charge in [-0.05, 0) is 87.4 Å². The van der Waals surface area contributed by atoms with Crippen molar-refractivity contribution in [3.8, 4) is 5.75 Å². The Labute approximate surface area is 220 Å². The molecule has 6 heteroatoms. The summed E-state index contributed by atoms with van der Waals surface area (Å²) in [6.45, 7) is 6.08. The predicted molar refractivity (Wildman–Crippen MR) is 150 cm³/mol. The molecule has 0 heterocycles. The Hall–Kier alpha value is -3.80. The molecular weight excluding hydrogens is 464 g/mol. The minimum absolute atomic E-state index is 0.150. The minimum atomic E-state index is -1.01. The van der Waals surface area contributed by atoms with Crippen molar-refractivity contribution in [1.82, 2.24) is 0 Å². The second kappa shape index (κ2) is 14.7. The number of benzene rings is 3. The highest BCUT2D eigenvalue weighted by Crippen LogP contribution is 2.25. The monoisotopic (exact) mass is 502 g/mol. The van der Waals surface area contributed by atoms with Gasteiger partial charge in [0.2, 0.25) is 5.91 Å². The normalized spacial score (nSPS) is 10.6. The fourth-order valence-corrected chi connectivity index (χ4v) is 4.30. The highest BCUT2D eigenvalue weighted by atomic mass is 16.5. The van der Waals surface area contributed by atoms with E-state index in [0.29, 0.717) is 43.9 Å². The van der Waals surface area contributed by atoms with Crippen LogP contribution in [-0.2, 0) is 17.6 Å². The molecule has 0 atom stereocenters. The Morgan fingerprint density at radius 3 is 2.22 bits per heavy atom. The topological polar surface area (TPSA) is 78.9 Å². The molecular formula is C31H38N2O4. The first-order valence-electron chi connectivity index (χ1n) is 13.2. The fourth-order valence-electron chi connectivity index (χ4n) is 4.30. The van der Waals surface area contributed by atoms with E-state index in [2.05, 4.69) is 29.6 Å². The van der Waals surface area contributed by atoms with Gasteiger partial charge >= 0.3 is 5.97 Å². The standard InChI is InChI=1S/C31H38N2O4/c1-3-33(4-2)29-20-17-26(23-28(29)31(35)36)32-30(34)21-16-25-14-18-27(19-15-25)37-22-10-6-9-13-24-11-7-5-8-12-24/h5,7-8,11-12,14-15,17-20,23H,3-4,6,9-10,13,16,21-22H2,1-2H3,(H,32,34)(H,35,36). The molecule has 0 aliphatic carbocycles. The van der Waals surface area contributed by atoms with E-state index in [1.54, 1.807) is 12.1 Å². The summed E-state index contributed by atoms with van der Waals surface area (Å²) in [6, 6.07) is 23.4. The molecule has 0 saturated carbocycles. The van der Waals surface area contributed by atoms with Crippen molar-refractivity contribution in [3.05, 3.63) is 89.5 Å². The van der Waals surface area contributed by atoms with Crippen molar-refractivity contribution in [2.24, 2.45) is 0 Å². The van der Waals surface area contributed by atoms with Crippen molar-refractivity contribution in [2.45, 2.75) is 52.4 Å². The zero-order chi connectivity index (χ0) is 26.5. The molecule has 0 radical (unpaired) electrons. The highest BCUT2D eigenvalue weighted by Gasteiger charge is 2.16. The van der Waals surface area contributed by atoms with E-state index >= 15 is 0 Å². The van der Waals surface area contributed by atoms with Crippen LogP contribution in [0.25, 0.3) is 0 Å². The van der Waals surface area contributed by atoms with E-state index < -0.39 is 5.97 Å². The summed E-state index contributed by atoms with van der Waals surface area (Å²) >= 11 is 0. The highest BCUT2D eigenvalue weighted by molar-refractivity contribution is 5.98. The van der Waals surface area contributed by atoms with E-state index in [1.165, 1.54) is 11.6 Å². The van der Waals surface area contributed by atoms with Gasteiger partial charge in [0.05, 0.1) is 17.9 Å². The van der Waals surface area contributed by atoms with Gasteiger partial charge in [-0.2, -0.15) is 0 Å². The Bertz CT molecular complexity index is 1130. The fraction of sp³-hybridized carbons (Fsp3) is 0.355. The van der Waals surface area contributed by atoms with Gasteiger partial charge in [0.1, 0.15) is 5.75 Å². The van der Waals surface area contributed by atoms with E-state index in [-0.39, 0.29) is 11.5 Å². The number of rotatable bonds is 15. The molecule has 1 amide bonds. The van der Waals surface area contributed by atoms with E-state index in [9.17, 15) is 14.7 Å². The number of aromatic carboxylic acids is 1. The lowest BCUT2D eigenvalue weighted by molar-refractivity contribution is -0.116. The number of carboxylic acid groups (broad SMARTS) is 1. The van der Waals surface area contributed by atoms with Crippen LogP contribution in [0.5, 0.6) is 5.75 Å². The van der Waals surface area contributed by atoms with E-state index in [1.807, 2.05) is 49.1 Å². The summed E-state index contributed by atoms with van der Waals surface area (Å²) in [6.07, 6.45) is 5.32. The van der Waals surface area contributed by atoms with E-state index in [4.69, 9.17) is 4.74 Å². The summed E-state index contributed by atoms with van der Waals surface area (Å²) < 4.78 is 5.86. The van der Waals surface area contributed by atoms with Crippen LogP contribution in [0.2, 0.25) is 0 Å². The molecule has 3 aromatic carbocycles. The second-order valence-electron chi connectivity index (χ2n) is 9.05. The van der Waals surface area contributed by atoms with Gasteiger partial charge in [0.15, 0.2) is 0 Å². The first-order valence-corrected chi connectivity index (χ1v) is 13.2. The summed E-state index contributed by atoms with van der Waals surface area (Å²) in [4.78, 5) is 26.2. The largest absolute Gasteiger partial charge is 0.494 e. The van der Waals surface area contributed by atoms with Gasteiger partial charge < -0.3 is 20.1 Å². The van der Waals surface area contributed by atoms with Crippen LogP contribution in [0.15, 0.2) is 72.8 Å². The molecule has 2 N–H and O–H groups in total. The molecule has 6 nitrogen and oxygen atoms in total. The number of carbonyl (C=O) groups excluding carboxylic acids is 1. The van der Waals surface area contributed by atoms with Crippen LogP contribution in [0.1, 0.15) is 61.0 Å². The number of amides is 1. The third kappa shape index (κ3) is 8.98. The van der Waals surface area contributed by atoms with Crippen molar-refractivity contribution in [3.63, 3.8) is 0 Å². The lowest BCUT2D eigenvalue weighted by Gasteiger charge is -2.23. The minimum Gasteiger partial charge on any atom is -0.494 e. The molecule has 0 fully saturated rings. The SMILES string of the molecule is CCN(CC)c1ccc(NC(=O)CCc2ccc(OCCCCCc3ccccc3)cc2)cc1C(=O)O. The van der Waals surface area contributed by atoms with Crippen molar-refractivity contribution in [1.29, 1.82) is 0 Å². The molecule has 0 aliphatic heterocycles. The number of hydrogen-bond donors (Lipinski definition) is 2. The molecule has 0 saturated heterocycles. The van der Waals surface area contributed by atoms with Gasteiger partial charge in [-0.15, -0.1) is 0 Å². The van der Waals surface area contributed by atoms with E-state index in [0.717, 1.165) is 37.0 Å². The number of nitrogens with one attached hydrogen (secondary N) is 1. The summed E-state index contributed by atoms with van der Waals surface area (Å²) in [7, 11) is 0. The van der Waals surface area contributed by atoms with Crippen LogP contribution < -0.4 is 15.0 Å². The van der Waals surface area contributed by atoms with Gasteiger partial charge in [-0.3, -0.25) is 4.79 Å². The molecule has 0 aromatic heterocycles. The maximum absolute atomic E-state index is 12.5. The van der Waals surface area contributed by atoms with Crippen LogP contribution in [0, 0.1) is 0 Å².